The number of aryl methyl sites for hydroxylation is 1. The summed E-state index contributed by atoms with van der Waals surface area (Å²) in [6.07, 6.45) is 5.39. The predicted molar refractivity (Wildman–Crippen MR) is 67.9 cm³/mol. The highest BCUT2D eigenvalue weighted by atomic mass is 16.5. The normalized spacial score (nSPS) is 17.5. The van der Waals surface area contributed by atoms with Crippen LogP contribution in [0.15, 0.2) is 10.6 Å². The molecule has 0 amide bonds. The Kier molecular flexibility index (Phi) is 5.01. The topological polar surface area (TPSA) is 41.3 Å². The third-order valence-corrected chi connectivity index (χ3v) is 3.25. The van der Waals surface area contributed by atoms with Crippen LogP contribution in [-0.4, -0.2) is 36.2 Å². The van der Waals surface area contributed by atoms with E-state index >= 15 is 0 Å². The molecule has 96 valence electrons. The van der Waals surface area contributed by atoms with Crippen LogP contribution in [0.2, 0.25) is 0 Å². The van der Waals surface area contributed by atoms with Crippen LogP contribution >= 0.6 is 0 Å². The van der Waals surface area contributed by atoms with E-state index < -0.39 is 0 Å². The van der Waals surface area contributed by atoms with Gasteiger partial charge in [-0.05, 0) is 52.4 Å². The second-order valence-corrected chi connectivity index (χ2v) is 4.87. The average Bonchev–Trinajstić information content (AvgIpc) is 2.76. The van der Waals surface area contributed by atoms with Gasteiger partial charge in [0.2, 0.25) is 0 Å². The molecule has 0 bridgehead atoms. The second-order valence-electron chi connectivity index (χ2n) is 4.87. The van der Waals surface area contributed by atoms with Crippen LogP contribution in [0.3, 0.4) is 0 Å². The van der Waals surface area contributed by atoms with Gasteiger partial charge in [0, 0.05) is 6.07 Å². The quantitative estimate of drug-likeness (QED) is 0.768. The molecule has 4 nitrogen and oxygen atoms in total. The van der Waals surface area contributed by atoms with Crippen molar-refractivity contribution in [3.05, 3.63) is 17.5 Å². The van der Waals surface area contributed by atoms with E-state index in [4.69, 9.17) is 4.52 Å². The Morgan fingerprint density at radius 1 is 1.35 bits per heavy atom. The molecular formula is C13H23N3O. The summed E-state index contributed by atoms with van der Waals surface area (Å²) in [7, 11) is 0. The summed E-state index contributed by atoms with van der Waals surface area (Å²) in [5.74, 6) is 0.931. The molecule has 1 aromatic heterocycles. The molecule has 2 heterocycles. The SMILES string of the molecule is Cc1cc(CNCCCN2CCCCC2)on1. The Labute approximate surface area is 103 Å². The first kappa shape index (κ1) is 12.6. The molecule has 1 fully saturated rings. The Hall–Kier alpha value is -0.870. The van der Waals surface area contributed by atoms with Crippen molar-refractivity contribution in [1.82, 2.24) is 15.4 Å². The van der Waals surface area contributed by atoms with Gasteiger partial charge in [-0.1, -0.05) is 11.6 Å². The molecule has 1 saturated heterocycles. The van der Waals surface area contributed by atoms with Gasteiger partial charge >= 0.3 is 0 Å². The van der Waals surface area contributed by atoms with Crippen LogP contribution in [0.1, 0.15) is 37.1 Å². The summed E-state index contributed by atoms with van der Waals surface area (Å²) in [4.78, 5) is 2.57. The van der Waals surface area contributed by atoms with Gasteiger partial charge in [0.05, 0.1) is 12.2 Å². The van der Waals surface area contributed by atoms with Crippen molar-refractivity contribution in [2.75, 3.05) is 26.2 Å². The van der Waals surface area contributed by atoms with Crippen molar-refractivity contribution in [2.24, 2.45) is 0 Å². The van der Waals surface area contributed by atoms with Crippen LogP contribution in [0.5, 0.6) is 0 Å². The Morgan fingerprint density at radius 3 is 2.88 bits per heavy atom. The molecule has 0 aliphatic carbocycles. The van der Waals surface area contributed by atoms with Crippen LogP contribution < -0.4 is 5.32 Å². The summed E-state index contributed by atoms with van der Waals surface area (Å²) >= 11 is 0. The molecule has 0 spiro atoms. The number of likely N-dealkylation sites (tertiary alicyclic amines) is 1. The third kappa shape index (κ3) is 4.48. The van der Waals surface area contributed by atoms with Gasteiger partial charge in [0.25, 0.3) is 0 Å². The van der Waals surface area contributed by atoms with E-state index in [0.29, 0.717) is 0 Å². The number of nitrogens with zero attached hydrogens (tertiary/aromatic N) is 2. The van der Waals surface area contributed by atoms with Crippen LogP contribution in [0.4, 0.5) is 0 Å². The van der Waals surface area contributed by atoms with Gasteiger partial charge in [0.1, 0.15) is 0 Å². The summed E-state index contributed by atoms with van der Waals surface area (Å²) in [5, 5.41) is 7.26. The Balaban J connectivity index is 1.51. The van der Waals surface area contributed by atoms with E-state index in [0.717, 1.165) is 24.5 Å². The maximum Gasteiger partial charge on any atom is 0.150 e. The summed E-state index contributed by atoms with van der Waals surface area (Å²) in [6, 6.07) is 1.98. The minimum atomic E-state index is 0.792. The highest BCUT2D eigenvalue weighted by molar-refractivity contribution is 5.02. The minimum absolute atomic E-state index is 0.792. The lowest BCUT2D eigenvalue weighted by Gasteiger charge is -2.26. The van der Waals surface area contributed by atoms with E-state index in [1.807, 2.05) is 13.0 Å². The fourth-order valence-corrected chi connectivity index (χ4v) is 2.32. The molecule has 0 radical (unpaired) electrons. The molecule has 0 atom stereocenters. The third-order valence-electron chi connectivity index (χ3n) is 3.25. The molecule has 2 rings (SSSR count). The summed E-state index contributed by atoms with van der Waals surface area (Å²) in [6.45, 7) is 7.60. The molecule has 4 heteroatoms. The van der Waals surface area contributed by atoms with Gasteiger partial charge in [0.15, 0.2) is 5.76 Å². The zero-order valence-corrected chi connectivity index (χ0v) is 10.7. The van der Waals surface area contributed by atoms with Crippen molar-refractivity contribution in [2.45, 2.75) is 39.2 Å². The standard InChI is InChI=1S/C13H23N3O/c1-12-10-13(17-15-12)11-14-6-5-9-16-7-3-2-4-8-16/h10,14H,2-9,11H2,1H3. The molecule has 0 saturated carbocycles. The smallest absolute Gasteiger partial charge is 0.150 e. The average molecular weight is 237 g/mol. The number of piperidine rings is 1. The van der Waals surface area contributed by atoms with Gasteiger partial charge in [-0.3, -0.25) is 0 Å². The highest BCUT2D eigenvalue weighted by Gasteiger charge is 2.08. The number of hydrogen-bond acceptors (Lipinski definition) is 4. The monoisotopic (exact) mass is 237 g/mol. The highest BCUT2D eigenvalue weighted by Crippen LogP contribution is 2.08. The van der Waals surface area contributed by atoms with Gasteiger partial charge in [-0.15, -0.1) is 0 Å². The molecule has 17 heavy (non-hydrogen) atoms. The molecule has 1 N–H and O–H groups in total. The first-order chi connectivity index (χ1) is 8.34. The summed E-state index contributed by atoms with van der Waals surface area (Å²) < 4.78 is 5.14. The van der Waals surface area contributed by atoms with Gasteiger partial charge in [-0.25, -0.2) is 0 Å². The number of rotatable bonds is 6. The van der Waals surface area contributed by atoms with E-state index in [1.54, 1.807) is 0 Å². The van der Waals surface area contributed by atoms with E-state index in [-0.39, 0.29) is 0 Å². The van der Waals surface area contributed by atoms with Gasteiger partial charge in [-0.2, -0.15) is 0 Å². The first-order valence-corrected chi connectivity index (χ1v) is 6.70. The molecule has 1 aliphatic rings. The number of nitrogens with one attached hydrogen (secondary N) is 1. The second kappa shape index (κ2) is 6.77. The first-order valence-electron chi connectivity index (χ1n) is 6.70. The molecule has 0 aromatic carbocycles. The largest absolute Gasteiger partial charge is 0.360 e. The minimum Gasteiger partial charge on any atom is -0.360 e. The van der Waals surface area contributed by atoms with Crippen molar-refractivity contribution < 1.29 is 4.52 Å². The van der Waals surface area contributed by atoms with E-state index in [1.165, 1.54) is 45.3 Å². The van der Waals surface area contributed by atoms with Crippen LogP contribution in [0.25, 0.3) is 0 Å². The zero-order chi connectivity index (χ0) is 11.9. The molecule has 1 aromatic rings. The summed E-state index contributed by atoms with van der Waals surface area (Å²) in [5.41, 5.74) is 0.954. The van der Waals surface area contributed by atoms with Crippen molar-refractivity contribution in [3.8, 4) is 0 Å². The lowest BCUT2D eigenvalue weighted by atomic mass is 10.1. The van der Waals surface area contributed by atoms with Crippen LogP contribution in [0, 0.1) is 6.92 Å². The van der Waals surface area contributed by atoms with E-state index in [2.05, 4.69) is 15.4 Å². The van der Waals surface area contributed by atoms with Gasteiger partial charge < -0.3 is 14.7 Å². The maximum atomic E-state index is 5.14. The fraction of sp³-hybridized carbons (Fsp3) is 0.769. The predicted octanol–water partition coefficient (Wildman–Crippen LogP) is 1.95. The zero-order valence-electron chi connectivity index (χ0n) is 10.7. The lowest BCUT2D eigenvalue weighted by Crippen LogP contribution is -2.32. The lowest BCUT2D eigenvalue weighted by molar-refractivity contribution is 0.225. The number of aromatic nitrogens is 1. The molecule has 1 aliphatic heterocycles. The van der Waals surface area contributed by atoms with E-state index in [9.17, 15) is 0 Å². The molecule has 0 unspecified atom stereocenters. The Morgan fingerprint density at radius 2 is 2.18 bits per heavy atom. The molecular weight excluding hydrogens is 214 g/mol. The van der Waals surface area contributed by atoms with Crippen LogP contribution in [-0.2, 0) is 6.54 Å². The Bertz CT molecular complexity index is 318. The fourth-order valence-electron chi connectivity index (χ4n) is 2.32. The van der Waals surface area contributed by atoms with Crippen molar-refractivity contribution in [1.29, 1.82) is 0 Å². The number of hydrogen-bond donors (Lipinski definition) is 1. The van der Waals surface area contributed by atoms with Crippen molar-refractivity contribution in [3.63, 3.8) is 0 Å². The van der Waals surface area contributed by atoms with Crippen molar-refractivity contribution >= 4 is 0 Å². The maximum absolute atomic E-state index is 5.14.